The number of hydrogen-bond donors (Lipinski definition) is 1. The average Bonchev–Trinajstić information content (AvgIpc) is 2.75. The van der Waals surface area contributed by atoms with Crippen LogP contribution in [0.1, 0.15) is 12.6 Å². The van der Waals surface area contributed by atoms with Crippen LogP contribution in [0.3, 0.4) is 0 Å². The van der Waals surface area contributed by atoms with Crippen molar-refractivity contribution in [3.8, 4) is 5.75 Å². The molecule has 0 bridgehead atoms. The van der Waals surface area contributed by atoms with Crippen LogP contribution in [0.25, 0.3) is 0 Å². The molecule has 0 radical (unpaired) electrons. The predicted molar refractivity (Wildman–Crippen MR) is 124 cm³/mol. The van der Waals surface area contributed by atoms with Gasteiger partial charge in [0.15, 0.2) is 0 Å². The van der Waals surface area contributed by atoms with Crippen LogP contribution in [0, 0.1) is 12.7 Å². The van der Waals surface area contributed by atoms with Crippen LogP contribution in [-0.4, -0.2) is 47.1 Å². The molecule has 2 heterocycles. The van der Waals surface area contributed by atoms with Gasteiger partial charge in [0.05, 0.1) is 7.11 Å². The highest BCUT2D eigenvalue weighted by Gasteiger charge is 2.26. The topological polar surface area (TPSA) is 53.5 Å². The summed E-state index contributed by atoms with van der Waals surface area (Å²) in [5.41, 5.74) is 1.68. The number of methoxy groups -OCH3 is 1. The summed E-state index contributed by atoms with van der Waals surface area (Å²) >= 11 is 1.76. The molecule has 1 saturated heterocycles. The molecule has 8 heteroatoms. The summed E-state index contributed by atoms with van der Waals surface area (Å²) in [6.45, 7) is 6.79. The van der Waals surface area contributed by atoms with Gasteiger partial charge in [-0.2, -0.15) is 4.98 Å². The summed E-state index contributed by atoms with van der Waals surface area (Å²) in [4.78, 5) is 12.8. The Balaban J connectivity index is 1.42. The molecule has 0 aliphatic carbocycles. The van der Waals surface area contributed by atoms with Crippen LogP contribution in [0.15, 0.2) is 59.5 Å². The number of nitrogens with zero attached hydrogens (tertiary/aromatic N) is 4. The molecule has 1 N–H and O–H groups in total. The van der Waals surface area contributed by atoms with E-state index in [1.54, 1.807) is 31.2 Å². The fraction of sp³-hybridized carbons (Fsp3) is 0.304. The van der Waals surface area contributed by atoms with E-state index in [0.29, 0.717) is 11.8 Å². The predicted octanol–water partition coefficient (Wildman–Crippen LogP) is 4.89. The van der Waals surface area contributed by atoms with Crippen molar-refractivity contribution < 1.29 is 9.13 Å². The minimum atomic E-state index is -0.260. The van der Waals surface area contributed by atoms with E-state index < -0.39 is 0 Å². The van der Waals surface area contributed by atoms with Gasteiger partial charge in [0, 0.05) is 48.0 Å². The van der Waals surface area contributed by atoms with Gasteiger partial charge in [-0.15, -0.1) is 0 Å². The lowest BCUT2D eigenvalue weighted by atomic mass is 10.2. The second-order valence-electron chi connectivity index (χ2n) is 7.52. The van der Waals surface area contributed by atoms with Crippen LogP contribution in [0.2, 0.25) is 0 Å². The minimum absolute atomic E-state index is 0.260. The van der Waals surface area contributed by atoms with Gasteiger partial charge < -0.3 is 15.0 Å². The number of aryl methyl sites for hydroxylation is 1. The highest BCUT2D eigenvalue weighted by molar-refractivity contribution is 7.97. The Kier molecular flexibility index (Phi) is 6.58. The summed E-state index contributed by atoms with van der Waals surface area (Å²) in [6, 6.07) is 16.5. The second kappa shape index (κ2) is 9.53. The Hall–Kier alpha value is -2.84. The van der Waals surface area contributed by atoms with E-state index >= 15 is 0 Å². The van der Waals surface area contributed by atoms with Gasteiger partial charge in [-0.25, -0.2) is 13.7 Å². The number of anilines is 3. The first-order valence-corrected chi connectivity index (χ1v) is 11.0. The van der Waals surface area contributed by atoms with E-state index in [2.05, 4.69) is 38.6 Å². The number of piperazine rings is 1. The minimum Gasteiger partial charge on any atom is -0.497 e. The summed E-state index contributed by atoms with van der Waals surface area (Å²) in [5.74, 6) is 2.02. The zero-order chi connectivity index (χ0) is 21.8. The van der Waals surface area contributed by atoms with Crippen molar-refractivity contribution >= 4 is 29.4 Å². The standard InChI is InChI=1S/C23H26FN5OS/c1-16-14-22(26-19-6-4-18(24)5-7-19)27-23(25-16)29-13-12-28(15-17(29)2)31-21-10-8-20(30-3)9-11-21/h4-11,14,17H,12-13,15H2,1-3H3,(H,25,26,27). The number of nitrogens with one attached hydrogen (secondary N) is 1. The molecule has 2 aromatic carbocycles. The zero-order valence-corrected chi connectivity index (χ0v) is 18.7. The van der Waals surface area contributed by atoms with E-state index in [-0.39, 0.29) is 11.9 Å². The molecule has 0 amide bonds. The Morgan fingerprint density at radius 3 is 2.48 bits per heavy atom. The SMILES string of the molecule is COc1ccc(SN2CCN(c3nc(C)cc(Nc4ccc(F)cc4)n3)C(C)C2)cc1. The number of aromatic nitrogens is 2. The van der Waals surface area contributed by atoms with Crippen molar-refractivity contribution in [3.05, 3.63) is 66.1 Å². The maximum absolute atomic E-state index is 13.2. The Bertz CT molecular complexity index is 1020. The van der Waals surface area contributed by atoms with Gasteiger partial charge in [-0.1, -0.05) is 0 Å². The van der Waals surface area contributed by atoms with Gasteiger partial charge >= 0.3 is 0 Å². The maximum Gasteiger partial charge on any atom is 0.227 e. The highest BCUT2D eigenvalue weighted by Crippen LogP contribution is 2.29. The molecular formula is C23H26FN5OS. The molecule has 6 nitrogen and oxygen atoms in total. The first-order chi connectivity index (χ1) is 15.0. The monoisotopic (exact) mass is 439 g/mol. The van der Waals surface area contributed by atoms with Crippen molar-refractivity contribution in [1.82, 2.24) is 14.3 Å². The third kappa shape index (κ3) is 5.45. The van der Waals surface area contributed by atoms with Crippen LogP contribution >= 0.6 is 11.9 Å². The largest absolute Gasteiger partial charge is 0.497 e. The molecule has 162 valence electrons. The van der Waals surface area contributed by atoms with Crippen molar-refractivity contribution in [3.63, 3.8) is 0 Å². The molecular weight excluding hydrogens is 413 g/mol. The first kappa shape index (κ1) is 21.4. The maximum atomic E-state index is 13.2. The van der Waals surface area contributed by atoms with Crippen LogP contribution in [-0.2, 0) is 0 Å². The fourth-order valence-electron chi connectivity index (χ4n) is 3.52. The summed E-state index contributed by atoms with van der Waals surface area (Å²) in [5, 5.41) is 3.25. The highest BCUT2D eigenvalue weighted by atomic mass is 32.2. The zero-order valence-electron chi connectivity index (χ0n) is 17.9. The molecule has 1 unspecified atom stereocenters. The molecule has 1 fully saturated rings. The molecule has 3 aromatic rings. The van der Waals surface area contributed by atoms with Gasteiger partial charge in [0.1, 0.15) is 17.4 Å². The van der Waals surface area contributed by atoms with Gasteiger partial charge in [-0.05, 0) is 74.3 Å². The lowest BCUT2D eigenvalue weighted by Crippen LogP contribution is -2.50. The van der Waals surface area contributed by atoms with E-state index in [1.165, 1.54) is 17.0 Å². The van der Waals surface area contributed by atoms with Crippen molar-refractivity contribution in [2.75, 3.05) is 37.0 Å². The fourth-order valence-corrected chi connectivity index (χ4v) is 4.54. The molecule has 1 atom stereocenters. The number of ether oxygens (including phenoxy) is 1. The third-order valence-electron chi connectivity index (χ3n) is 5.10. The number of hydrogen-bond acceptors (Lipinski definition) is 7. The summed E-state index contributed by atoms with van der Waals surface area (Å²) < 4.78 is 20.8. The number of benzene rings is 2. The lowest BCUT2D eigenvalue weighted by molar-refractivity contribution is 0.370. The quantitative estimate of drug-likeness (QED) is 0.549. The molecule has 1 aromatic heterocycles. The number of rotatable bonds is 6. The van der Waals surface area contributed by atoms with Crippen LogP contribution in [0.4, 0.5) is 21.8 Å². The van der Waals surface area contributed by atoms with E-state index in [9.17, 15) is 4.39 Å². The van der Waals surface area contributed by atoms with Gasteiger partial charge in [-0.3, -0.25) is 0 Å². The van der Waals surface area contributed by atoms with Crippen molar-refractivity contribution in [2.45, 2.75) is 24.8 Å². The molecule has 1 aliphatic rings. The molecule has 4 rings (SSSR count). The lowest BCUT2D eigenvalue weighted by Gasteiger charge is -2.39. The van der Waals surface area contributed by atoms with Crippen molar-refractivity contribution in [1.29, 1.82) is 0 Å². The van der Waals surface area contributed by atoms with Gasteiger partial charge in [0.2, 0.25) is 5.95 Å². The van der Waals surface area contributed by atoms with E-state index in [4.69, 9.17) is 9.72 Å². The Labute approximate surface area is 186 Å². The normalized spacial score (nSPS) is 16.9. The molecule has 1 aliphatic heterocycles. The first-order valence-electron chi connectivity index (χ1n) is 10.2. The average molecular weight is 440 g/mol. The van der Waals surface area contributed by atoms with E-state index in [0.717, 1.165) is 36.8 Å². The Morgan fingerprint density at radius 1 is 1.06 bits per heavy atom. The van der Waals surface area contributed by atoms with Crippen LogP contribution < -0.4 is 15.0 Å². The van der Waals surface area contributed by atoms with E-state index in [1.807, 2.05) is 25.1 Å². The summed E-state index contributed by atoms with van der Waals surface area (Å²) in [6.07, 6.45) is 0. The molecule has 0 saturated carbocycles. The second-order valence-corrected chi connectivity index (χ2v) is 8.69. The van der Waals surface area contributed by atoms with Crippen molar-refractivity contribution in [2.24, 2.45) is 0 Å². The molecule has 0 spiro atoms. The third-order valence-corrected chi connectivity index (χ3v) is 6.17. The smallest absolute Gasteiger partial charge is 0.227 e. The van der Waals surface area contributed by atoms with Gasteiger partial charge in [0.25, 0.3) is 0 Å². The van der Waals surface area contributed by atoms with Crippen LogP contribution in [0.5, 0.6) is 5.75 Å². The summed E-state index contributed by atoms with van der Waals surface area (Å²) in [7, 11) is 1.68. The Morgan fingerprint density at radius 2 is 1.81 bits per heavy atom. The number of halogens is 1. The molecule has 31 heavy (non-hydrogen) atoms.